The van der Waals surface area contributed by atoms with Gasteiger partial charge >= 0.3 is 6.09 Å². The van der Waals surface area contributed by atoms with Crippen molar-refractivity contribution in [2.45, 2.75) is 62.3 Å². The maximum Gasteiger partial charge on any atom is 0.408 e. The first-order valence-corrected chi connectivity index (χ1v) is 18.3. The molecule has 2 aliphatic heterocycles. The Hall–Kier alpha value is -5.34. The van der Waals surface area contributed by atoms with E-state index < -0.39 is 24.3 Å². The molecule has 272 valence electrons. The number of hydrogen-bond donors (Lipinski definition) is 2. The summed E-state index contributed by atoms with van der Waals surface area (Å²) in [7, 11) is 1.91. The summed E-state index contributed by atoms with van der Waals surface area (Å²) in [5, 5.41) is 21.1. The van der Waals surface area contributed by atoms with Gasteiger partial charge in [0.25, 0.3) is 5.91 Å². The highest BCUT2D eigenvalue weighted by atomic mass is 32.2. The summed E-state index contributed by atoms with van der Waals surface area (Å²) in [6.07, 6.45) is 0.388. The number of carbonyl (C=O) groups excluding carboxylic acids is 3. The van der Waals surface area contributed by atoms with Crippen molar-refractivity contribution >= 4 is 29.7 Å². The van der Waals surface area contributed by atoms with Crippen LogP contribution in [0.1, 0.15) is 53.1 Å². The fraction of sp³-hybridized carbons (Fsp3) is 0.275. The van der Waals surface area contributed by atoms with Gasteiger partial charge in [-0.25, -0.2) is 4.79 Å². The van der Waals surface area contributed by atoms with E-state index in [1.165, 1.54) is 4.90 Å². The summed E-state index contributed by atoms with van der Waals surface area (Å²) in [5.74, 6) is -0.189. The topological polar surface area (TPSA) is 145 Å². The number of imide groups is 1. The Bertz CT molecular complexity index is 2060. The number of thioether (sulfide) groups is 1. The van der Waals surface area contributed by atoms with Gasteiger partial charge < -0.3 is 29.2 Å². The lowest BCUT2D eigenvalue weighted by molar-refractivity contribution is -0.245. The Balaban J connectivity index is 1.03. The van der Waals surface area contributed by atoms with Crippen LogP contribution in [-0.2, 0) is 50.6 Å². The number of aliphatic hydroxyl groups excluding tert-OH is 1. The van der Waals surface area contributed by atoms with Crippen LogP contribution in [0.15, 0.2) is 115 Å². The van der Waals surface area contributed by atoms with Crippen LogP contribution in [0.3, 0.4) is 0 Å². The second-order valence-electron chi connectivity index (χ2n) is 13.0. The van der Waals surface area contributed by atoms with Crippen LogP contribution in [0.25, 0.3) is 11.1 Å². The van der Waals surface area contributed by atoms with E-state index in [0.29, 0.717) is 12.2 Å². The normalized spacial score (nSPS) is 20.1. The van der Waals surface area contributed by atoms with E-state index in [0.717, 1.165) is 44.1 Å². The zero-order valence-electron chi connectivity index (χ0n) is 29.0. The molecule has 0 saturated carbocycles. The molecule has 3 amide bonds. The molecule has 13 heteroatoms. The third kappa shape index (κ3) is 8.83. The molecule has 2 saturated heterocycles. The molecule has 0 aliphatic carbocycles. The van der Waals surface area contributed by atoms with Crippen molar-refractivity contribution in [1.29, 1.82) is 0 Å². The van der Waals surface area contributed by atoms with E-state index in [-0.39, 0.29) is 44.3 Å². The molecule has 7 rings (SSSR count). The maximum absolute atomic E-state index is 13.2. The number of aromatic nitrogens is 3. The summed E-state index contributed by atoms with van der Waals surface area (Å²) in [6, 6.07) is 31.6. The molecule has 4 atom stereocenters. The predicted molar refractivity (Wildman–Crippen MR) is 196 cm³/mol. The van der Waals surface area contributed by atoms with E-state index >= 15 is 0 Å². The molecular formula is C40H39N5O7S. The second kappa shape index (κ2) is 16.6. The first kappa shape index (κ1) is 36.0. The zero-order chi connectivity index (χ0) is 36.7. The van der Waals surface area contributed by atoms with Crippen LogP contribution >= 0.6 is 11.8 Å². The highest BCUT2D eigenvalue weighted by molar-refractivity contribution is 7.99. The van der Waals surface area contributed by atoms with Gasteiger partial charge in [0.05, 0.1) is 31.8 Å². The Morgan fingerprint density at radius 3 is 2.42 bits per heavy atom. The molecule has 3 heterocycles. The van der Waals surface area contributed by atoms with Gasteiger partial charge in [-0.2, -0.15) is 0 Å². The smallest absolute Gasteiger partial charge is 0.408 e. The highest BCUT2D eigenvalue weighted by Crippen LogP contribution is 2.40. The third-order valence-corrected chi connectivity index (χ3v) is 10.4. The number of ether oxygens (including phenoxy) is 3. The molecule has 0 spiro atoms. The number of hydrogen-bond acceptors (Lipinski definition) is 10. The van der Waals surface area contributed by atoms with Gasteiger partial charge in [-0.05, 0) is 45.5 Å². The highest BCUT2D eigenvalue weighted by Gasteiger charge is 2.40. The molecule has 0 bridgehead atoms. The summed E-state index contributed by atoms with van der Waals surface area (Å²) in [6.45, 7) is 0.0945. The van der Waals surface area contributed by atoms with Crippen molar-refractivity contribution in [1.82, 2.24) is 25.0 Å². The predicted octanol–water partition coefficient (Wildman–Crippen LogP) is 5.87. The quantitative estimate of drug-likeness (QED) is 0.118. The molecule has 1 unspecified atom stereocenters. The van der Waals surface area contributed by atoms with Gasteiger partial charge in [0.2, 0.25) is 5.91 Å². The van der Waals surface area contributed by atoms with Gasteiger partial charge in [0, 0.05) is 24.8 Å². The van der Waals surface area contributed by atoms with Crippen LogP contribution < -0.4 is 5.32 Å². The number of likely N-dealkylation sites (tertiary alicyclic amines) is 1. The number of nitrogens with one attached hydrogen (secondary N) is 1. The maximum atomic E-state index is 13.2. The summed E-state index contributed by atoms with van der Waals surface area (Å²) in [4.78, 5) is 39.7. The second-order valence-corrected chi connectivity index (χ2v) is 14.0. The Morgan fingerprint density at radius 2 is 1.66 bits per heavy atom. The lowest BCUT2D eigenvalue weighted by Crippen LogP contribution is -2.41. The largest absolute Gasteiger partial charge is 0.445 e. The third-order valence-electron chi connectivity index (χ3n) is 9.19. The number of carbonyl (C=O) groups is 3. The van der Waals surface area contributed by atoms with Crippen molar-refractivity contribution in [3.8, 4) is 11.1 Å². The molecule has 5 aromatic rings. The fourth-order valence-corrected chi connectivity index (χ4v) is 7.26. The summed E-state index contributed by atoms with van der Waals surface area (Å²) in [5.41, 5.74) is 6.06. The van der Waals surface area contributed by atoms with Crippen molar-refractivity contribution in [3.05, 3.63) is 137 Å². The molecule has 2 aliphatic rings. The van der Waals surface area contributed by atoms with Crippen LogP contribution in [0.4, 0.5) is 4.79 Å². The molecular weight excluding hydrogens is 695 g/mol. The molecule has 12 nitrogen and oxygen atoms in total. The van der Waals surface area contributed by atoms with E-state index in [1.54, 1.807) is 18.1 Å². The van der Waals surface area contributed by atoms with Crippen LogP contribution in [0.2, 0.25) is 0 Å². The van der Waals surface area contributed by atoms with Crippen LogP contribution in [-0.4, -0.2) is 60.6 Å². The number of aryl methyl sites for hydroxylation is 1. The van der Waals surface area contributed by atoms with Crippen molar-refractivity contribution in [3.63, 3.8) is 0 Å². The minimum atomic E-state index is -0.986. The average Bonchev–Trinajstić information content (AvgIpc) is 3.73. The Labute approximate surface area is 311 Å². The van der Waals surface area contributed by atoms with Gasteiger partial charge in [-0.1, -0.05) is 103 Å². The zero-order valence-corrected chi connectivity index (χ0v) is 29.9. The first-order chi connectivity index (χ1) is 25.8. The molecule has 2 N–H and O–H groups in total. The summed E-state index contributed by atoms with van der Waals surface area (Å²) >= 11 is 1.58. The van der Waals surface area contributed by atoms with E-state index in [1.807, 2.05) is 115 Å². The van der Waals surface area contributed by atoms with Gasteiger partial charge in [-0.3, -0.25) is 14.5 Å². The van der Waals surface area contributed by atoms with Crippen molar-refractivity contribution in [2.75, 3.05) is 5.75 Å². The van der Waals surface area contributed by atoms with Gasteiger partial charge in [0.15, 0.2) is 11.4 Å². The van der Waals surface area contributed by atoms with E-state index in [9.17, 15) is 19.5 Å². The van der Waals surface area contributed by atoms with Crippen LogP contribution in [0.5, 0.6) is 0 Å². The number of alkyl carbamates (subject to hydrolysis) is 1. The molecule has 2 fully saturated rings. The standard InChI is InChI=1S/C40H39N5O7S/c1-44-25-41-43-39(44)53-24-33-19-35(29-15-13-26(22-46)14-16-29)52-38(51-33)32-12-6-11-31(18-32)30-10-5-9-28(17-30)21-45-36(47)20-34(37(45)48)42-40(49)50-23-27-7-3-2-4-8-27/h2-18,25,33-35,38,46H,19-24H2,1H3,(H,42,49)/t33-,34?,35+,38+/m1/s1. The number of rotatable bonds is 12. The molecule has 53 heavy (non-hydrogen) atoms. The SMILES string of the molecule is Cn1cnnc1SC[C@H]1C[C@@H](c2ccc(CO)cc2)O[C@@H](c2cccc(-c3cccc(CN4C(=O)CC(NC(=O)OCc5ccccc5)C4=O)c3)c2)O1. The fourth-order valence-electron chi connectivity index (χ4n) is 6.36. The number of benzene rings is 4. The molecule has 0 radical (unpaired) electrons. The lowest BCUT2D eigenvalue weighted by Gasteiger charge is -2.36. The van der Waals surface area contributed by atoms with Crippen molar-refractivity contribution < 1.29 is 33.7 Å². The Kier molecular flexibility index (Phi) is 11.3. The molecule has 4 aromatic carbocycles. The minimum absolute atomic E-state index is 0.0309. The average molecular weight is 734 g/mol. The Morgan fingerprint density at radius 1 is 0.906 bits per heavy atom. The minimum Gasteiger partial charge on any atom is -0.445 e. The van der Waals surface area contributed by atoms with Crippen molar-refractivity contribution in [2.24, 2.45) is 7.05 Å². The number of amides is 3. The van der Waals surface area contributed by atoms with E-state index in [2.05, 4.69) is 15.5 Å². The van der Waals surface area contributed by atoms with Gasteiger partial charge in [-0.15, -0.1) is 10.2 Å². The number of nitrogens with zero attached hydrogens (tertiary/aromatic N) is 4. The monoisotopic (exact) mass is 733 g/mol. The van der Waals surface area contributed by atoms with Crippen LogP contribution in [0, 0.1) is 0 Å². The lowest BCUT2D eigenvalue weighted by atomic mass is 9.99. The summed E-state index contributed by atoms with van der Waals surface area (Å²) < 4.78 is 20.3. The van der Waals surface area contributed by atoms with E-state index in [4.69, 9.17) is 14.2 Å². The number of aliphatic hydroxyl groups is 1. The van der Waals surface area contributed by atoms with Gasteiger partial charge in [0.1, 0.15) is 19.0 Å². The first-order valence-electron chi connectivity index (χ1n) is 17.3. The molecule has 1 aromatic heterocycles.